The van der Waals surface area contributed by atoms with Crippen molar-refractivity contribution < 1.29 is 13.9 Å². The molecule has 2 aromatic rings. The fraction of sp³-hybridized carbons (Fsp3) is 0.600. The van der Waals surface area contributed by atoms with Crippen LogP contribution in [0.15, 0.2) is 40.8 Å². The fourth-order valence-corrected chi connectivity index (χ4v) is 6.63. The van der Waals surface area contributed by atoms with E-state index in [9.17, 15) is 0 Å². The number of methoxy groups -OCH3 is 1. The van der Waals surface area contributed by atoms with Gasteiger partial charge >= 0.3 is 0 Å². The molecule has 2 aliphatic heterocycles. The van der Waals surface area contributed by atoms with E-state index in [2.05, 4.69) is 67.2 Å². The maximum absolute atomic E-state index is 6.49. The third kappa shape index (κ3) is 7.22. The normalized spacial score (nSPS) is 24.4. The monoisotopic (exact) mass is 546 g/mol. The Morgan fingerprint density at radius 3 is 2.27 bits per heavy atom. The molecule has 218 valence electrons. The molecule has 5 heteroatoms. The van der Waals surface area contributed by atoms with E-state index in [0.717, 1.165) is 61.5 Å². The van der Waals surface area contributed by atoms with E-state index in [1.165, 1.54) is 73.9 Å². The highest BCUT2D eigenvalue weighted by Crippen LogP contribution is 2.42. The van der Waals surface area contributed by atoms with Crippen LogP contribution in [0.3, 0.4) is 0 Å². The lowest BCUT2D eigenvalue weighted by Crippen LogP contribution is -2.32. The number of fused-ring (bicyclic) bond motifs is 1. The molecular formula is C35H50N2O3. The molecule has 3 aliphatic rings. The third-order valence-corrected chi connectivity index (χ3v) is 9.47. The van der Waals surface area contributed by atoms with Gasteiger partial charge in [-0.3, -0.25) is 0 Å². The Morgan fingerprint density at radius 1 is 0.925 bits per heavy atom. The molecule has 0 amide bonds. The van der Waals surface area contributed by atoms with E-state index < -0.39 is 0 Å². The summed E-state index contributed by atoms with van der Waals surface area (Å²) in [5.74, 6) is 5.48. The molecule has 3 heterocycles. The molecule has 40 heavy (non-hydrogen) atoms. The lowest BCUT2D eigenvalue weighted by atomic mass is 9.83. The van der Waals surface area contributed by atoms with Crippen LogP contribution in [-0.2, 0) is 0 Å². The second-order valence-corrected chi connectivity index (χ2v) is 12.7. The van der Waals surface area contributed by atoms with Gasteiger partial charge in [-0.2, -0.15) is 0 Å². The van der Waals surface area contributed by atoms with Crippen molar-refractivity contribution in [2.24, 2.45) is 11.8 Å². The summed E-state index contributed by atoms with van der Waals surface area (Å²) in [6.07, 6.45) is 14.3. The van der Waals surface area contributed by atoms with E-state index in [1.54, 1.807) is 7.11 Å². The number of piperidine rings is 2. The summed E-state index contributed by atoms with van der Waals surface area (Å²) in [6, 6.07) is 8.72. The average Bonchev–Trinajstić information content (AvgIpc) is 3.39. The maximum atomic E-state index is 6.49. The first-order valence-corrected chi connectivity index (χ1v) is 15.6. The molecule has 1 aromatic heterocycles. The van der Waals surface area contributed by atoms with E-state index in [0.29, 0.717) is 11.8 Å². The smallest absolute Gasteiger partial charge is 0.161 e. The highest BCUT2D eigenvalue weighted by Gasteiger charge is 2.24. The SMILES string of the molecule is COc1cc2c(cc1OCC1CCN(C)CC1)C(C)C/C=C(c1ccc(C)o1)/C=C\2CCCC1CCN(C)CC1. The number of furan rings is 1. The molecule has 5 rings (SSSR count). The lowest BCUT2D eigenvalue weighted by Gasteiger charge is -2.29. The Morgan fingerprint density at radius 2 is 1.62 bits per heavy atom. The number of aryl methyl sites for hydroxylation is 1. The first kappa shape index (κ1) is 29.0. The van der Waals surface area contributed by atoms with Crippen molar-refractivity contribution in [3.05, 3.63) is 59.1 Å². The molecule has 2 saturated heterocycles. The number of likely N-dealkylation sites (tertiary alicyclic amines) is 2. The van der Waals surface area contributed by atoms with Gasteiger partial charge in [0.15, 0.2) is 11.5 Å². The van der Waals surface area contributed by atoms with Crippen LogP contribution >= 0.6 is 0 Å². The summed E-state index contributed by atoms with van der Waals surface area (Å²) in [5.41, 5.74) is 5.26. The van der Waals surface area contributed by atoms with Crippen molar-refractivity contribution in [2.75, 3.05) is 54.0 Å². The quantitative estimate of drug-likeness (QED) is 0.321. The summed E-state index contributed by atoms with van der Waals surface area (Å²) in [6.45, 7) is 9.90. The summed E-state index contributed by atoms with van der Waals surface area (Å²) in [4.78, 5) is 4.88. The number of ether oxygens (including phenoxy) is 2. The number of allylic oxidation sites excluding steroid dienone is 4. The zero-order valence-electron chi connectivity index (χ0n) is 25.5. The van der Waals surface area contributed by atoms with Gasteiger partial charge in [-0.25, -0.2) is 0 Å². The summed E-state index contributed by atoms with van der Waals surface area (Å²) >= 11 is 0. The molecule has 0 radical (unpaired) electrons. The predicted molar refractivity (Wildman–Crippen MR) is 165 cm³/mol. The van der Waals surface area contributed by atoms with Gasteiger partial charge in [0.2, 0.25) is 0 Å². The van der Waals surface area contributed by atoms with Crippen molar-refractivity contribution in [3.63, 3.8) is 0 Å². The van der Waals surface area contributed by atoms with Gasteiger partial charge in [-0.1, -0.05) is 19.4 Å². The lowest BCUT2D eigenvalue weighted by molar-refractivity contribution is 0.157. The highest BCUT2D eigenvalue weighted by atomic mass is 16.5. The maximum Gasteiger partial charge on any atom is 0.161 e. The van der Waals surface area contributed by atoms with E-state index in [-0.39, 0.29) is 0 Å². The summed E-state index contributed by atoms with van der Waals surface area (Å²) in [7, 11) is 6.23. The van der Waals surface area contributed by atoms with Crippen LogP contribution in [0.5, 0.6) is 11.5 Å². The van der Waals surface area contributed by atoms with Crippen molar-refractivity contribution >= 4 is 11.1 Å². The number of hydrogen-bond acceptors (Lipinski definition) is 5. The second kappa shape index (κ2) is 13.4. The minimum absolute atomic E-state index is 0.371. The van der Waals surface area contributed by atoms with Crippen molar-refractivity contribution in [1.29, 1.82) is 0 Å². The first-order chi connectivity index (χ1) is 19.4. The average molecular weight is 547 g/mol. The van der Waals surface area contributed by atoms with E-state index >= 15 is 0 Å². The molecule has 2 fully saturated rings. The Bertz CT molecular complexity index is 1180. The fourth-order valence-electron chi connectivity index (χ4n) is 6.63. The Kier molecular flexibility index (Phi) is 9.75. The van der Waals surface area contributed by atoms with Gasteiger partial charge in [-0.15, -0.1) is 0 Å². The Hall–Kier alpha value is -2.50. The number of nitrogens with zero attached hydrogens (tertiary/aromatic N) is 2. The molecule has 1 aliphatic carbocycles. The molecule has 0 saturated carbocycles. The van der Waals surface area contributed by atoms with Crippen LogP contribution in [0.4, 0.5) is 0 Å². The van der Waals surface area contributed by atoms with Gasteiger partial charge in [0.05, 0.1) is 13.7 Å². The van der Waals surface area contributed by atoms with Crippen molar-refractivity contribution in [1.82, 2.24) is 9.80 Å². The van der Waals surface area contributed by atoms with Crippen LogP contribution in [0.1, 0.15) is 86.9 Å². The number of rotatable bonds is 9. The van der Waals surface area contributed by atoms with Crippen LogP contribution < -0.4 is 9.47 Å². The molecule has 0 bridgehead atoms. The topological polar surface area (TPSA) is 38.1 Å². The van der Waals surface area contributed by atoms with Crippen molar-refractivity contribution in [3.8, 4) is 11.5 Å². The molecule has 1 atom stereocenters. The highest BCUT2D eigenvalue weighted by molar-refractivity contribution is 5.85. The molecule has 1 aromatic carbocycles. The van der Waals surface area contributed by atoms with Gasteiger partial charge in [0, 0.05) is 5.57 Å². The molecule has 1 unspecified atom stereocenters. The van der Waals surface area contributed by atoms with E-state index in [1.807, 2.05) is 6.92 Å². The standard InChI is InChI=1S/C35H50N2O3/c1-25-9-11-30(33-12-10-26(2)40-33)21-29(8-6-7-27-13-17-36(3)18-14-27)32-23-34(38-5)35(22-31(25)32)39-24-28-15-19-37(4)20-16-28/h10-12,21-23,25,27-28H,6-9,13-20,24H2,1-5H3/b29-21-,30-11-. The molecule has 0 N–H and O–H groups in total. The summed E-state index contributed by atoms with van der Waals surface area (Å²) in [5, 5.41) is 0. The summed E-state index contributed by atoms with van der Waals surface area (Å²) < 4.78 is 18.5. The Balaban J connectivity index is 1.41. The van der Waals surface area contributed by atoms with Crippen LogP contribution in [0.25, 0.3) is 11.1 Å². The third-order valence-electron chi connectivity index (χ3n) is 9.47. The zero-order valence-corrected chi connectivity index (χ0v) is 25.5. The zero-order chi connectivity index (χ0) is 28.1. The van der Waals surface area contributed by atoms with Crippen LogP contribution in [0, 0.1) is 18.8 Å². The Labute approximate surface area is 242 Å². The van der Waals surface area contributed by atoms with Crippen molar-refractivity contribution in [2.45, 2.75) is 71.1 Å². The minimum Gasteiger partial charge on any atom is -0.493 e. The number of benzene rings is 1. The van der Waals surface area contributed by atoms with Crippen LogP contribution in [0.2, 0.25) is 0 Å². The largest absolute Gasteiger partial charge is 0.493 e. The minimum atomic E-state index is 0.371. The van der Waals surface area contributed by atoms with E-state index in [4.69, 9.17) is 13.9 Å². The molecule has 5 nitrogen and oxygen atoms in total. The molecule has 0 spiro atoms. The van der Waals surface area contributed by atoms with Gasteiger partial charge in [-0.05, 0) is 157 Å². The first-order valence-electron chi connectivity index (χ1n) is 15.6. The van der Waals surface area contributed by atoms with Gasteiger partial charge < -0.3 is 23.7 Å². The number of hydrogen-bond donors (Lipinski definition) is 0. The van der Waals surface area contributed by atoms with Gasteiger partial charge in [0.25, 0.3) is 0 Å². The predicted octanol–water partition coefficient (Wildman–Crippen LogP) is 7.80. The second-order valence-electron chi connectivity index (χ2n) is 12.7. The van der Waals surface area contributed by atoms with Crippen LogP contribution in [-0.4, -0.2) is 63.8 Å². The van der Waals surface area contributed by atoms with Gasteiger partial charge in [0.1, 0.15) is 11.5 Å². The molecular weight excluding hydrogens is 496 g/mol.